The van der Waals surface area contributed by atoms with Gasteiger partial charge in [0.25, 0.3) is 0 Å². The third-order valence-corrected chi connectivity index (χ3v) is 6.31. The van der Waals surface area contributed by atoms with E-state index in [9.17, 15) is 5.11 Å². The van der Waals surface area contributed by atoms with Crippen molar-refractivity contribution in [1.29, 1.82) is 0 Å². The van der Waals surface area contributed by atoms with Gasteiger partial charge in [0, 0.05) is 21.6 Å². The molecular weight excluding hydrogens is 356 g/mol. The lowest BCUT2D eigenvalue weighted by molar-refractivity contribution is -0.0895. The minimum absolute atomic E-state index is 0.0510. The molecule has 0 spiro atoms. The van der Waals surface area contributed by atoms with E-state index < -0.39 is 0 Å². The molecule has 0 saturated carbocycles. The van der Waals surface area contributed by atoms with Gasteiger partial charge < -0.3 is 14.6 Å². The second kappa shape index (κ2) is 7.47. The quantitative estimate of drug-likeness (QED) is 0.643. The summed E-state index contributed by atoms with van der Waals surface area (Å²) in [6.45, 7) is 6.37. The number of fused-ring (bicyclic) bond motifs is 1. The Morgan fingerprint density at radius 3 is 2.74 bits per heavy atom. The lowest BCUT2D eigenvalue weighted by atomic mass is 9.93. The van der Waals surface area contributed by atoms with E-state index in [0.29, 0.717) is 12.8 Å². The van der Waals surface area contributed by atoms with Crippen LogP contribution in [0.25, 0.3) is 15.7 Å². The lowest BCUT2D eigenvalue weighted by Crippen LogP contribution is -2.29. The third-order valence-electron chi connectivity index (χ3n) is 5.13. The first-order valence-electron chi connectivity index (χ1n) is 9.25. The van der Waals surface area contributed by atoms with Gasteiger partial charge >= 0.3 is 0 Å². The summed E-state index contributed by atoms with van der Waals surface area (Å²) in [7, 11) is 1.68. The number of methoxy groups -OCH3 is 1. The zero-order valence-corrected chi connectivity index (χ0v) is 16.5. The van der Waals surface area contributed by atoms with Gasteiger partial charge in [0.15, 0.2) is 0 Å². The topological polar surface area (TPSA) is 38.7 Å². The lowest BCUT2D eigenvalue weighted by Gasteiger charge is -2.32. The highest BCUT2D eigenvalue weighted by Gasteiger charge is 2.27. The van der Waals surface area contributed by atoms with Gasteiger partial charge in [-0.05, 0) is 54.1 Å². The van der Waals surface area contributed by atoms with E-state index in [-0.39, 0.29) is 18.3 Å². The molecule has 3 atom stereocenters. The number of aliphatic hydroxyl groups excluding tert-OH is 1. The number of hydrogen-bond acceptors (Lipinski definition) is 4. The normalized spacial score (nSPS) is 22.7. The van der Waals surface area contributed by atoms with Gasteiger partial charge in [0.2, 0.25) is 0 Å². The van der Waals surface area contributed by atoms with Crippen molar-refractivity contribution in [3.8, 4) is 5.75 Å². The molecule has 1 saturated heterocycles. The van der Waals surface area contributed by atoms with Crippen molar-refractivity contribution < 1.29 is 14.6 Å². The molecular formula is C23H24O3S. The third kappa shape index (κ3) is 3.65. The van der Waals surface area contributed by atoms with Gasteiger partial charge in [-0.2, -0.15) is 0 Å². The van der Waals surface area contributed by atoms with Crippen molar-refractivity contribution in [3.63, 3.8) is 0 Å². The Labute approximate surface area is 163 Å². The molecule has 0 amide bonds. The van der Waals surface area contributed by atoms with Gasteiger partial charge in [-0.1, -0.05) is 30.8 Å². The first-order valence-corrected chi connectivity index (χ1v) is 10.1. The molecule has 1 aliphatic heterocycles. The van der Waals surface area contributed by atoms with Crippen LogP contribution in [0.15, 0.2) is 55.1 Å². The SMILES string of the molecule is C=C(c1cc2ccccc2s1)c1cc(C2CC(O)CC(C)O2)ccc1OC. The maximum absolute atomic E-state index is 10.1. The summed E-state index contributed by atoms with van der Waals surface area (Å²) >= 11 is 1.74. The summed E-state index contributed by atoms with van der Waals surface area (Å²) in [5, 5.41) is 11.4. The van der Waals surface area contributed by atoms with Crippen LogP contribution >= 0.6 is 11.3 Å². The van der Waals surface area contributed by atoms with E-state index in [1.165, 1.54) is 10.1 Å². The highest BCUT2D eigenvalue weighted by molar-refractivity contribution is 7.20. The van der Waals surface area contributed by atoms with Gasteiger partial charge in [-0.25, -0.2) is 0 Å². The molecule has 1 N–H and O–H groups in total. The van der Waals surface area contributed by atoms with Gasteiger partial charge in [-0.3, -0.25) is 0 Å². The summed E-state index contributed by atoms with van der Waals surface area (Å²) in [6.07, 6.45) is 0.924. The summed E-state index contributed by atoms with van der Waals surface area (Å²) in [5.74, 6) is 0.797. The Morgan fingerprint density at radius 1 is 1.19 bits per heavy atom. The van der Waals surface area contributed by atoms with Crippen LogP contribution in [0.4, 0.5) is 0 Å². The Hall–Kier alpha value is -2.14. The molecule has 3 aromatic rings. The van der Waals surface area contributed by atoms with Crippen molar-refractivity contribution in [3.05, 3.63) is 71.1 Å². The van der Waals surface area contributed by atoms with Crippen LogP contribution in [0, 0.1) is 0 Å². The predicted octanol–water partition coefficient (Wildman–Crippen LogP) is 5.57. The molecule has 4 heteroatoms. The molecule has 1 fully saturated rings. The van der Waals surface area contributed by atoms with Crippen molar-refractivity contribution in [1.82, 2.24) is 0 Å². The fraction of sp³-hybridized carbons (Fsp3) is 0.304. The Kier molecular flexibility index (Phi) is 5.04. The summed E-state index contributed by atoms with van der Waals surface area (Å²) in [6, 6.07) is 16.6. The molecule has 0 bridgehead atoms. The van der Waals surface area contributed by atoms with Crippen molar-refractivity contribution in [2.75, 3.05) is 7.11 Å². The van der Waals surface area contributed by atoms with E-state index in [1.807, 2.05) is 19.1 Å². The Balaban J connectivity index is 1.71. The fourth-order valence-electron chi connectivity index (χ4n) is 3.76. The minimum atomic E-state index is -0.324. The molecule has 3 nitrogen and oxygen atoms in total. The highest BCUT2D eigenvalue weighted by Crippen LogP contribution is 2.39. The molecule has 140 valence electrons. The zero-order chi connectivity index (χ0) is 19.0. The van der Waals surface area contributed by atoms with Gasteiger partial charge in [-0.15, -0.1) is 11.3 Å². The largest absolute Gasteiger partial charge is 0.496 e. The van der Waals surface area contributed by atoms with Crippen LogP contribution < -0.4 is 4.74 Å². The van der Waals surface area contributed by atoms with E-state index in [2.05, 4.69) is 43.0 Å². The first kappa shape index (κ1) is 18.2. The molecule has 1 aromatic heterocycles. The molecule has 0 aliphatic carbocycles. The van der Waals surface area contributed by atoms with Crippen LogP contribution in [-0.2, 0) is 4.74 Å². The summed E-state index contributed by atoms with van der Waals surface area (Å²) in [5.41, 5.74) is 2.97. The molecule has 2 heterocycles. The van der Waals surface area contributed by atoms with Gasteiger partial charge in [0.05, 0.1) is 25.4 Å². The number of benzene rings is 2. The zero-order valence-electron chi connectivity index (χ0n) is 15.6. The van der Waals surface area contributed by atoms with Crippen LogP contribution in [0.3, 0.4) is 0 Å². The molecule has 2 aromatic carbocycles. The Bertz CT molecular complexity index is 932. The average molecular weight is 381 g/mol. The molecule has 27 heavy (non-hydrogen) atoms. The molecule has 4 rings (SSSR count). The van der Waals surface area contributed by atoms with Crippen LogP contribution in [0.1, 0.15) is 41.9 Å². The number of hydrogen-bond donors (Lipinski definition) is 1. The standard InChI is InChI=1S/C23H24O3S/c1-14-10-18(24)13-21(26-14)16-8-9-20(25-3)19(11-16)15(2)23-12-17-6-4-5-7-22(17)27-23/h4-9,11-12,14,18,21,24H,2,10,13H2,1,3H3. The van der Waals surface area contributed by atoms with Crippen molar-refractivity contribution >= 4 is 27.0 Å². The molecule has 0 radical (unpaired) electrons. The van der Waals surface area contributed by atoms with Crippen LogP contribution in [-0.4, -0.2) is 24.4 Å². The summed E-state index contributed by atoms with van der Waals surface area (Å²) in [4.78, 5) is 1.13. The second-order valence-electron chi connectivity index (χ2n) is 7.15. The first-order chi connectivity index (χ1) is 13.0. The summed E-state index contributed by atoms with van der Waals surface area (Å²) < 4.78 is 12.9. The van der Waals surface area contributed by atoms with Crippen LogP contribution in [0.5, 0.6) is 5.75 Å². The van der Waals surface area contributed by atoms with E-state index in [1.54, 1.807) is 18.4 Å². The smallest absolute Gasteiger partial charge is 0.126 e. The van der Waals surface area contributed by atoms with E-state index in [4.69, 9.17) is 9.47 Å². The monoisotopic (exact) mass is 380 g/mol. The van der Waals surface area contributed by atoms with E-state index in [0.717, 1.165) is 27.3 Å². The second-order valence-corrected chi connectivity index (χ2v) is 8.23. The highest BCUT2D eigenvalue weighted by atomic mass is 32.1. The van der Waals surface area contributed by atoms with Crippen molar-refractivity contribution in [2.24, 2.45) is 0 Å². The maximum Gasteiger partial charge on any atom is 0.126 e. The average Bonchev–Trinajstić information content (AvgIpc) is 3.10. The fourth-order valence-corrected chi connectivity index (χ4v) is 4.81. The minimum Gasteiger partial charge on any atom is -0.496 e. The Morgan fingerprint density at radius 2 is 2.00 bits per heavy atom. The van der Waals surface area contributed by atoms with Gasteiger partial charge in [0.1, 0.15) is 5.75 Å². The number of ether oxygens (including phenoxy) is 2. The number of rotatable bonds is 4. The predicted molar refractivity (Wildman–Crippen MR) is 111 cm³/mol. The molecule has 1 aliphatic rings. The number of aliphatic hydroxyl groups is 1. The maximum atomic E-state index is 10.1. The van der Waals surface area contributed by atoms with E-state index >= 15 is 0 Å². The number of thiophene rings is 1. The van der Waals surface area contributed by atoms with Crippen molar-refractivity contribution in [2.45, 2.75) is 38.1 Å². The van der Waals surface area contributed by atoms with Crippen LogP contribution in [0.2, 0.25) is 0 Å². The molecule has 3 unspecified atom stereocenters.